The molecule has 0 atom stereocenters. The summed E-state index contributed by atoms with van der Waals surface area (Å²) in [4.78, 5) is 19.1. The van der Waals surface area contributed by atoms with E-state index in [1.165, 1.54) is 6.20 Å². The molecule has 25 heavy (non-hydrogen) atoms. The fourth-order valence-corrected chi connectivity index (χ4v) is 4.05. The van der Waals surface area contributed by atoms with Crippen molar-refractivity contribution in [3.8, 4) is 0 Å². The Morgan fingerprint density at radius 3 is 2.40 bits per heavy atom. The highest BCUT2D eigenvalue weighted by atomic mass is 32.2. The number of hydrogen-bond acceptors (Lipinski definition) is 5. The van der Waals surface area contributed by atoms with E-state index >= 15 is 0 Å². The molecule has 1 aliphatic heterocycles. The Morgan fingerprint density at radius 2 is 1.80 bits per heavy atom. The molecule has 3 rings (SSSR count). The zero-order valence-corrected chi connectivity index (χ0v) is 14.7. The van der Waals surface area contributed by atoms with Gasteiger partial charge in [-0.2, -0.15) is 0 Å². The zero-order chi connectivity index (χ0) is 17.9. The maximum absolute atomic E-state index is 12.5. The van der Waals surface area contributed by atoms with Crippen LogP contribution in [0.3, 0.4) is 0 Å². The Labute approximate surface area is 147 Å². The summed E-state index contributed by atoms with van der Waals surface area (Å²) < 4.78 is 27.5. The van der Waals surface area contributed by atoms with E-state index in [0.29, 0.717) is 37.4 Å². The Hall–Kier alpha value is -2.61. The number of carbonyl (C=O) groups excluding carboxylic acids is 1. The second-order valence-corrected chi connectivity index (χ2v) is 7.56. The van der Waals surface area contributed by atoms with Crippen LogP contribution in [0.25, 0.3) is 0 Å². The first-order valence-corrected chi connectivity index (χ1v) is 9.47. The number of piperazine rings is 1. The topological polar surface area (TPSA) is 82.6 Å². The largest absolute Gasteiger partial charge is 0.353 e. The third-order valence-electron chi connectivity index (χ3n) is 4.17. The van der Waals surface area contributed by atoms with Gasteiger partial charge in [0.25, 0.3) is 10.0 Å². The number of nitrogens with one attached hydrogen (secondary N) is 1. The van der Waals surface area contributed by atoms with Gasteiger partial charge in [-0.15, -0.1) is 0 Å². The highest BCUT2D eigenvalue weighted by molar-refractivity contribution is 7.92. The molecule has 1 fully saturated rings. The zero-order valence-electron chi connectivity index (χ0n) is 13.9. The molecule has 1 aliphatic rings. The molecule has 132 valence electrons. The average Bonchev–Trinajstić information content (AvgIpc) is 2.62. The van der Waals surface area contributed by atoms with Crippen molar-refractivity contribution in [1.82, 2.24) is 9.88 Å². The van der Waals surface area contributed by atoms with Crippen molar-refractivity contribution < 1.29 is 13.2 Å². The SMILES string of the molecule is Cc1ccccc1S(=O)(=O)Nc1ccc(N2CCN(C=O)CC2)nc1. The second kappa shape index (κ2) is 7.10. The summed E-state index contributed by atoms with van der Waals surface area (Å²) in [5.74, 6) is 0.768. The van der Waals surface area contributed by atoms with Crippen molar-refractivity contribution >= 4 is 27.9 Å². The standard InChI is InChI=1S/C17H20N4O3S/c1-14-4-2-3-5-16(14)25(23,24)19-15-6-7-17(18-12-15)21-10-8-20(13-22)9-11-21/h2-7,12-13,19H,8-11H2,1H3. The quantitative estimate of drug-likeness (QED) is 0.817. The van der Waals surface area contributed by atoms with E-state index in [9.17, 15) is 13.2 Å². The van der Waals surface area contributed by atoms with Crippen LogP contribution in [0.5, 0.6) is 0 Å². The molecular weight excluding hydrogens is 340 g/mol. The summed E-state index contributed by atoms with van der Waals surface area (Å²) in [5, 5.41) is 0. The smallest absolute Gasteiger partial charge is 0.262 e. The highest BCUT2D eigenvalue weighted by Crippen LogP contribution is 2.20. The molecule has 0 spiro atoms. The summed E-state index contributed by atoms with van der Waals surface area (Å²) in [6, 6.07) is 10.3. The molecule has 0 unspecified atom stereocenters. The molecule has 1 saturated heterocycles. The van der Waals surface area contributed by atoms with Crippen molar-refractivity contribution in [1.29, 1.82) is 0 Å². The van der Waals surface area contributed by atoms with Crippen LogP contribution in [0, 0.1) is 6.92 Å². The minimum Gasteiger partial charge on any atom is -0.353 e. The average molecular weight is 360 g/mol. The molecule has 0 bridgehead atoms. The van der Waals surface area contributed by atoms with Crippen LogP contribution in [0.15, 0.2) is 47.5 Å². The number of rotatable bonds is 5. The Morgan fingerprint density at radius 1 is 1.08 bits per heavy atom. The van der Waals surface area contributed by atoms with E-state index in [-0.39, 0.29) is 4.90 Å². The van der Waals surface area contributed by atoms with Crippen molar-refractivity contribution in [2.45, 2.75) is 11.8 Å². The molecule has 2 aromatic rings. The number of pyridine rings is 1. The number of nitrogens with zero attached hydrogens (tertiary/aromatic N) is 3. The summed E-state index contributed by atoms with van der Waals surface area (Å²) in [6.45, 7) is 4.49. The lowest BCUT2D eigenvalue weighted by Gasteiger charge is -2.33. The van der Waals surface area contributed by atoms with Crippen LogP contribution in [0.4, 0.5) is 11.5 Å². The van der Waals surface area contributed by atoms with Gasteiger partial charge in [0, 0.05) is 26.2 Å². The van der Waals surface area contributed by atoms with Crippen LogP contribution < -0.4 is 9.62 Å². The second-order valence-electron chi connectivity index (χ2n) is 5.90. The van der Waals surface area contributed by atoms with Crippen LogP contribution in [0.2, 0.25) is 0 Å². The third-order valence-corrected chi connectivity index (χ3v) is 5.71. The Bertz CT molecular complexity index is 844. The summed E-state index contributed by atoms with van der Waals surface area (Å²) >= 11 is 0. The van der Waals surface area contributed by atoms with Gasteiger partial charge in [0.15, 0.2) is 0 Å². The lowest BCUT2D eigenvalue weighted by Crippen LogP contribution is -2.46. The minimum absolute atomic E-state index is 0.254. The number of aryl methyl sites for hydroxylation is 1. The first-order chi connectivity index (χ1) is 12.0. The molecule has 7 nitrogen and oxygen atoms in total. The van der Waals surface area contributed by atoms with Crippen LogP contribution in [-0.4, -0.2) is 50.9 Å². The molecule has 1 aromatic carbocycles. The predicted molar refractivity (Wildman–Crippen MR) is 96.1 cm³/mol. The fraction of sp³-hybridized carbons (Fsp3) is 0.294. The van der Waals surface area contributed by atoms with Gasteiger partial charge in [-0.3, -0.25) is 9.52 Å². The van der Waals surface area contributed by atoms with Gasteiger partial charge in [-0.25, -0.2) is 13.4 Å². The molecule has 0 aliphatic carbocycles. The van der Waals surface area contributed by atoms with E-state index in [2.05, 4.69) is 14.6 Å². The third kappa shape index (κ3) is 3.90. The first kappa shape index (κ1) is 17.2. The number of sulfonamides is 1. The molecule has 0 radical (unpaired) electrons. The number of aromatic nitrogens is 1. The highest BCUT2D eigenvalue weighted by Gasteiger charge is 2.18. The Balaban J connectivity index is 1.71. The number of benzene rings is 1. The summed E-state index contributed by atoms with van der Waals surface area (Å²) in [7, 11) is -3.64. The summed E-state index contributed by atoms with van der Waals surface area (Å²) in [6.07, 6.45) is 2.37. The van der Waals surface area contributed by atoms with Gasteiger partial charge in [-0.1, -0.05) is 18.2 Å². The number of anilines is 2. The van der Waals surface area contributed by atoms with Gasteiger partial charge < -0.3 is 9.80 Å². The normalized spacial score (nSPS) is 15.1. The monoisotopic (exact) mass is 360 g/mol. The van der Waals surface area contributed by atoms with E-state index in [1.807, 2.05) is 0 Å². The lowest BCUT2D eigenvalue weighted by atomic mass is 10.2. The van der Waals surface area contributed by atoms with Crippen molar-refractivity contribution in [3.05, 3.63) is 48.2 Å². The van der Waals surface area contributed by atoms with E-state index < -0.39 is 10.0 Å². The van der Waals surface area contributed by atoms with Gasteiger partial charge in [0.05, 0.1) is 16.8 Å². The maximum atomic E-state index is 12.5. The fourth-order valence-electron chi connectivity index (χ4n) is 2.76. The molecule has 2 heterocycles. The van der Waals surface area contributed by atoms with Crippen molar-refractivity contribution in [2.75, 3.05) is 35.8 Å². The van der Waals surface area contributed by atoms with Gasteiger partial charge in [-0.05, 0) is 30.7 Å². The predicted octanol–water partition coefficient (Wildman–Crippen LogP) is 1.47. The molecule has 1 amide bonds. The van der Waals surface area contributed by atoms with Crippen molar-refractivity contribution in [2.24, 2.45) is 0 Å². The van der Waals surface area contributed by atoms with Crippen LogP contribution >= 0.6 is 0 Å². The van der Waals surface area contributed by atoms with Crippen molar-refractivity contribution in [3.63, 3.8) is 0 Å². The van der Waals surface area contributed by atoms with Crippen LogP contribution in [0.1, 0.15) is 5.56 Å². The van der Waals surface area contributed by atoms with Gasteiger partial charge >= 0.3 is 0 Å². The molecule has 0 saturated carbocycles. The number of carbonyl (C=O) groups is 1. The van der Waals surface area contributed by atoms with E-state index in [4.69, 9.17) is 0 Å². The van der Waals surface area contributed by atoms with E-state index in [1.54, 1.807) is 48.2 Å². The number of amides is 1. The lowest BCUT2D eigenvalue weighted by molar-refractivity contribution is -0.118. The number of hydrogen-bond donors (Lipinski definition) is 1. The molecular formula is C17H20N4O3S. The first-order valence-electron chi connectivity index (χ1n) is 7.98. The summed E-state index contributed by atoms with van der Waals surface area (Å²) in [5.41, 5.74) is 1.10. The molecule has 8 heteroatoms. The van der Waals surface area contributed by atoms with Gasteiger partial charge in [0.1, 0.15) is 5.82 Å². The molecule has 1 N–H and O–H groups in total. The maximum Gasteiger partial charge on any atom is 0.262 e. The van der Waals surface area contributed by atoms with E-state index in [0.717, 1.165) is 12.2 Å². The molecule has 1 aromatic heterocycles. The van der Waals surface area contributed by atoms with Crippen LogP contribution in [-0.2, 0) is 14.8 Å². The minimum atomic E-state index is -3.64. The van der Waals surface area contributed by atoms with Gasteiger partial charge in [0.2, 0.25) is 6.41 Å². The Kier molecular flexibility index (Phi) is 4.89.